The molecule has 1 aromatic heterocycles. The average Bonchev–Trinajstić information content (AvgIpc) is 3.38. The number of nitrogens with zero attached hydrogens (tertiary/aromatic N) is 2. The van der Waals surface area contributed by atoms with Crippen molar-refractivity contribution in [2.24, 2.45) is 35.3 Å². The highest BCUT2D eigenvalue weighted by molar-refractivity contribution is 7.14. The van der Waals surface area contributed by atoms with Crippen LogP contribution in [0.15, 0.2) is 47.8 Å². The summed E-state index contributed by atoms with van der Waals surface area (Å²) in [7, 11) is 3.43. The Kier molecular flexibility index (Phi) is 6.75. The van der Waals surface area contributed by atoms with Crippen molar-refractivity contribution in [1.29, 1.82) is 0 Å². The number of aliphatic hydroxyl groups is 1. The molecule has 7 unspecified atom stereocenters. The lowest BCUT2D eigenvalue weighted by molar-refractivity contribution is -0.161. The van der Waals surface area contributed by atoms with E-state index in [1.54, 1.807) is 31.1 Å². The van der Waals surface area contributed by atoms with Crippen molar-refractivity contribution in [3.63, 3.8) is 0 Å². The zero-order valence-electron chi connectivity index (χ0n) is 22.5. The third-order valence-electron chi connectivity index (χ3n) is 8.82. The Balaban J connectivity index is 1.32. The minimum Gasteiger partial charge on any atom is -0.505 e. The number of phenolic OH excluding ortho intramolecular Hbond substituents is 1. The van der Waals surface area contributed by atoms with Crippen molar-refractivity contribution in [3.05, 3.63) is 59.0 Å². The summed E-state index contributed by atoms with van der Waals surface area (Å²) in [6.07, 6.45) is -0.655. The number of benzene rings is 2. The SMILES string of the molecule is CN(C)C1C(O)C(C(N)=O)C(=O)C2C(=O)C3C(=O)c4c(ccc(Nc5nc(-c6ccccc6)cs5)c4O)CC3CC21. The van der Waals surface area contributed by atoms with Gasteiger partial charge in [-0.05, 0) is 50.4 Å². The average molecular weight is 575 g/mol. The number of aliphatic hydroxyl groups excluding tert-OH is 1. The van der Waals surface area contributed by atoms with Gasteiger partial charge in [-0.15, -0.1) is 11.3 Å². The monoisotopic (exact) mass is 574 g/mol. The summed E-state index contributed by atoms with van der Waals surface area (Å²) in [5.74, 6) is -7.96. The molecule has 1 heterocycles. The standard InChI is InChI=1S/C30H30N4O6S/c1-34(2)23-16-11-15-10-14-8-9-17(32-30-33-18(12-41-30)13-6-4-3-5-7-13)24(35)19(14)25(36)20(15)26(37)21(16)27(38)22(28(23)39)29(31)40/h3-9,12,15-16,20-23,28,35,39H,10-11H2,1-2H3,(H2,31,40)(H,32,33). The number of aromatic nitrogens is 1. The summed E-state index contributed by atoms with van der Waals surface area (Å²) in [5.41, 5.74) is 8.15. The van der Waals surface area contributed by atoms with Crippen LogP contribution in [0.2, 0.25) is 0 Å². The number of hydrogen-bond donors (Lipinski definition) is 4. The minimum absolute atomic E-state index is 0.0572. The topological polar surface area (TPSA) is 163 Å². The molecular formula is C30H30N4O6S. The van der Waals surface area contributed by atoms with Crippen LogP contribution in [0.3, 0.4) is 0 Å². The zero-order chi connectivity index (χ0) is 29.2. The molecule has 5 N–H and O–H groups in total. The Labute approximate surface area is 240 Å². The van der Waals surface area contributed by atoms with Gasteiger partial charge in [0.1, 0.15) is 11.7 Å². The van der Waals surface area contributed by atoms with Crippen LogP contribution in [-0.4, -0.2) is 69.6 Å². The summed E-state index contributed by atoms with van der Waals surface area (Å²) in [6.45, 7) is 0. The number of nitrogens with one attached hydrogen (secondary N) is 1. The van der Waals surface area contributed by atoms with Gasteiger partial charge in [0, 0.05) is 17.0 Å². The molecule has 6 rings (SSSR count). The summed E-state index contributed by atoms with van der Waals surface area (Å²) >= 11 is 1.35. The number of carbonyl (C=O) groups is 4. The number of rotatable bonds is 5. The van der Waals surface area contributed by atoms with E-state index in [0.29, 0.717) is 23.5 Å². The number of primary amides is 1. The number of likely N-dealkylation sites (N-methyl/N-ethyl adjacent to an activating group) is 1. The van der Waals surface area contributed by atoms with Crippen molar-refractivity contribution >= 4 is 45.4 Å². The summed E-state index contributed by atoms with van der Waals surface area (Å²) in [4.78, 5) is 59.6. The third kappa shape index (κ3) is 4.35. The first kappa shape index (κ1) is 27.3. The van der Waals surface area contributed by atoms with E-state index in [4.69, 9.17) is 5.73 Å². The van der Waals surface area contributed by atoms with Crippen molar-refractivity contribution in [1.82, 2.24) is 9.88 Å². The number of fused-ring (bicyclic) bond motifs is 3. The second-order valence-corrected chi connectivity index (χ2v) is 12.2. The number of amides is 1. The van der Waals surface area contributed by atoms with Crippen LogP contribution in [0.4, 0.5) is 10.8 Å². The van der Waals surface area contributed by atoms with E-state index in [0.717, 1.165) is 11.3 Å². The normalized spacial score (nSPS) is 29.1. The molecule has 0 aliphatic heterocycles. The Hall–Kier alpha value is -3.93. The van der Waals surface area contributed by atoms with Gasteiger partial charge in [-0.3, -0.25) is 19.2 Å². The van der Waals surface area contributed by atoms with E-state index >= 15 is 0 Å². The highest BCUT2D eigenvalue weighted by Gasteiger charge is 2.61. The van der Waals surface area contributed by atoms with Gasteiger partial charge in [0.15, 0.2) is 22.5 Å². The highest BCUT2D eigenvalue weighted by Crippen LogP contribution is 2.50. The second kappa shape index (κ2) is 10.2. The fraction of sp³-hybridized carbons (Fsp3) is 0.367. The number of nitrogens with two attached hydrogens (primary N) is 1. The summed E-state index contributed by atoms with van der Waals surface area (Å²) < 4.78 is 0. The van der Waals surface area contributed by atoms with Crippen LogP contribution in [0.5, 0.6) is 5.75 Å². The molecule has 3 aliphatic rings. The van der Waals surface area contributed by atoms with Crippen LogP contribution in [-0.2, 0) is 20.8 Å². The number of phenols is 1. The van der Waals surface area contributed by atoms with Crippen LogP contribution in [0, 0.1) is 29.6 Å². The third-order valence-corrected chi connectivity index (χ3v) is 9.58. The number of Topliss-reactive ketones (excluding diaryl/α,β-unsaturated/α-hetero) is 3. The molecule has 7 atom stereocenters. The van der Waals surface area contributed by atoms with Gasteiger partial charge in [-0.1, -0.05) is 36.4 Å². The molecule has 3 aromatic rings. The maximum atomic E-state index is 13.9. The minimum atomic E-state index is -1.53. The van der Waals surface area contributed by atoms with Crippen LogP contribution < -0.4 is 11.1 Å². The van der Waals surface area contributed by atoms with Crippen molar-refractivity contribution in [2.45, 2.75) is 25.0 Å². The molecule has 2 fully saturated rings. The Morgan fingerprint density at radius 1 is 1.07 bits per heavy atom. The number of thiazole rings is 1. The van der Waals surface area contributed by atoms with Crippen molar-refractivity contribution in [2.75, 3.05) is 19.4 Å². The zero-order valence-corrected chi connectivity index (χ0v) is 23.3. The predicted molar refractivity (Wildman–Crippen MR) is 152 cm³/mol. The van der Waals surface area contributed by atoms with Gasteiger partial charge in [0.25, 0.3) is 0 Å². The van der Waals surface area contributed by atoms with Gasteiger partial charge in [-0.2, -0.15) is 0 Å². The molecule has 2 aromatic carbocycles. The predicted octanol–water partition coefficient (Wildman–Crippen LogP) is 2.41. The highest BCUT2D eigenvalue weighted by atomic mass is 32.1. The number of carbonyl (C=O) groups excluding carboxylic acids is 4. The van der Waals surface area contributed by atoms with Crippen LogP contribution >= 0.6 is 11.3 Å². The Bertz CT molecular complexity index is 1570. The summed E-state index contributed by atoms with van der Waals surface area (Å²) in [6, 6.07) is 12.4. The molecule has 11 heteroatoms. The lowest BCUT2D eigenvalue weighted by atomic mass is 9.54. The molecule has 0 bridgehead atoms. The number of hydrogen-bond acceptors (Lipinski definition) is 10. The van der Waals surface area contributed by atoms with Gasteiger partial charge in [-0.25, -0.2) is 4.98 Å². The fourth-order valence-corrected chi connectivity index (χ4v) is 7.84. The number of aromatic hydroxyl groups is 1. The van der Waals surface area contributed by atoms with Crippen LogP contribution in [0.1, 0.15) is 22.3 Å². The molecular weight excluding hydrogens is 544 g/mol. The molecule has 0 spiro atoms. The van der Waals surface area contributed by atoms with E-state index in [1.165, 1.54) is 11.3 Å². The number of ketones is 3. The van der Waals surface area contributed by atoms with Crippen molar-refractivity contribution < 1.29 is 29.4 Å². The smallest absolute Gasteiger partial charge is 0.230 e. The van der Waals surface area contributed by atoms with E-state index in [-0.39, 0.29) is 17.0 Å². The molecule has 10 nitrogen and oxygen atoms in total. The van der Waals surface area contributed by atoms with E-state index in [2.05, 4.69) is 10.3 Å². The second-order valence-electron chi connectivity index (χ2n) is 11.3. The molecule has 1 amide bonds. The number of anilines is 2. The molecule has 2 saturated carbocycles. The van der Waals surface area contributed by atoms with Gasteiger partial charge in [0.05, 0.1) is 34.9 Å². The summed E-state index contributed by atoms with van der Waals surface area (Å²) in [5, 5.41) is 27.7. The van der Waals surface area contributed by atoms with Crippen molar-refractivity contribution in [3.8, 4) is 17.0 Å². The molecule has 0 radical (unpaired) electrons. The maximum absolute atomic E-state index is 13.9. The molecule has 41 heavy (non-hydrogen) atoms. The quantitative estimate of drug-likeness (QED) is 0.265. The van der Waals surface area contributed by atoms with E-state index in [1.807, 2.05) is 35.7 Å². The lowest BCUT2D eigenvalue weighted by Crippen LogP contribution is -2.66. The van der Waals surface area contributed by atoms with Gasteiger partial charge >= 0.3 is 0 Å². The Morgan fingerprint density at radius 3 is 2.49 bits per heavy atom. The first-order valence-electron chi connectivity index (χ1n) is 13.5. The maximum Gasteiger partial charge on any atom is 0.230 e. The molecule has 212 valence electrons. The van der Waals surface area contributed by atoms with Gasteiger partial charge < -0.3 is 26.2 Å². The van der Waals surface area contributed by atoms with Gasteiger partial charge in [0.2, 0.25) is 5.91 Å². The first-order valence-corrected chi connectivity index (χ1v) is 14.3. The van der Waals surface area contributed by atoms with E-state index in [9.17, 15) is 29.4 Å². The fourth-order valence-electron chi connectivity index (χ4n) is 7.10. The first-order chi connectivity index (χ1) is 19.6. The molecule has 3 aliphatic carbocycles. The molecule has 0 saturated heterocycles. The lowest BCUT2D eigenvalue weighted by Gasteiger charge is -2.51. The Morgan fingerprint density at radius 2 is 1.80 bits per heavy atom. The largest absolute Gasteiger partial charge is 0.505 e. The van der Waals surface area contributed by atoms with E-state index < -0.39 is 65.0 Å². The van der Waals surface area contributed by atoms with Crippen LogP contribution in [0.25, 0.3) is 11.3 Å².